The minimum atomic E-state index is -0.0303. The van der Waals surface area contributed by atoms with E-state index in [-0.39, 0.29) is 17.3 Å². The van der Waals surface area contributed by atoms with Gasteiger partial charge in [0.25, 0.3) is 12.0 Å². The van der Waals surface area contributed by atoms with Crippen molar-refractivity contribution in [2.75, 3.05) is 0 Å². The Labute approximate surface area is 92.7 Å². The van der Waals surface area contributed by atoms with Gasteiger partial charge in [-0.2, -0.15) is 24.2 Å². The molecule has 0 amide bonds. The predicted octanol–water partition coefficient (Wildman–Crippen LogP) is 1.17. The summed E-state index contributed by atoms with van der Waals surface area (Å²) >= 11 is 5.43. The molecule has 0 unspecified atom stereocenters. The third-order valence-electron chi connectivity index (χ3n) is 0.825. The van der Waals surface area contributed by atoms with Crippen LogP contribution >= 0.6 is 11.6 Å². The molecule has 1 heterocycles. The van der Waals surface area contributed by atoms with Crippen molar-refractivity contribution in [3.63, 3.8) is 0 Å². The summed E-state index contributed by atoms with van der Waals surface area (Å²) in [5.41, 5.74) is 0. The zero-order valence-corrected chi connectivity index (χ0v) is 22.7. The van der Waals surface area contributed by atoms with Crippen molar-refractivity contribution < 1.29 is 19.7 Å². The van der Waals surface area contributed by atoms with Crippen LogP contribution in [0.1, 0.15) is 0 Å². The van der Waals surface area contributed by atoms with Crippen LogP contribution in [0.25, 0.3) is 0 Å². The number of aliphatic hydroxyl groups excluding tert-OH is 2. The molecule has 17 heavy (non-hydrogen) atoms. The van der Waals surface area contributed by atoms with Gasteiger partial charge in [0.15, 0.2) is 0 Å². The van der Waals surface area contributed by atoms with E-state index in [4.69, 9.17) is 21.8 Å². The van der Waals surface area contributed by atoms with E-state index >= 15 is 0 Å². The van der Waals surface area contributed by atoms with Gasteiger partial charge < -0.3 is 19.7 Å². The SMILES string of the molecule is [CH2-]O.[CH2-]O.[CH2-]Oc1nc(Cl)nc(O[CH2-])n1.[Rf].[Rf]. The van der Waals surface area contributed by atoms with Crippen LogP contribution in [0.15, 0.2) is 0 Å². The summed E-state index contributed by atoms with van der Waals surface area (Å²) in [4.78, 5) is 10.7. The van der Waals surface area contributed by atoms with E-state index in [2.05, 4.69) is 52.9 Å². The van der Waals surface area contributed by atoms with Crippen LogP contribution in [0.3, 0.4) is 0 Å². The van der Waals surface area contributed by atoms with Crippen LogP contribution < -0.4 is 9.47 Å². The minimum absolute atomic E-state index is 0. The van der Waals surface area contributed by atoms with Gasteiger partial charge in [0, 0.05) is 0 Å². The Morgan fingerprint density at radius 1 is 0.824 bits per heavy atom. The molecule has 0 saturated heterocycles. The second-order valence-electron chi connectivity index (χ2n) is 1.46. The molecule has 1 aromatic heterocycles. The molecule has 0 atom stereocenters. The van der Waals surface area contributed by atoms with Crippen molar-refractivity contribution >= 4 is 11.6 Å². The van der Waals surface area contributed by atoms with Crippen molar-refractivity contribution in [2.45, 2.75) is 0 Å². The molecule has 0 aliphatic heterocycles. The number of rotatable bonds is 2. The second kappa shape index (κ2) is 15.3. The first-order valence-electron chi connectivity index (χ1n) is 3.15. The zero-order valence-electron chi connectivity index (χ0n) is 9.17. The Bertz CT molecular complexity index is 249. The fraction of sp³-hybridized carbons (Fsp3) is 0. The van der Waals surface area contributed by atoms with E-state index in [0.717, 1.165) is 0 Å². The minimum Gasteiger partial charge on any atom is -0.638 e. The zero-order chi connectivity index (χ0) is 12.3. The largest absolute Gasteiger partial charge is 0.638 e. The normalized spacial score (nSPS) is 6.76. The van der Waals surface area contributed by atoms with E-state index < -0.39 is 0 Å². The Kier molecular flexibility index (Phi) is 21.2. The van der Waals surface area contributed by atoms with Gasteiger partial charge in [0.05, 0.1) is 0 Å². The van der Waals surface area contributed by atoms with Crippen molar-refractivity contribution in [1.82, 2.24) is 15.0 Å². The average Bonchev–Trinajstić information content (AvgIpc) is 2.33. The van der Waals surface area contributed by atoms with Gasteiger partial charge in [-0.05, 0) is 11.6 Å². The number of nitrogens with zero attached hydrogens (tertiary/aromatic N) is 3. The molecule has 10 heteroatoms. The molecular weight excluding hydrogens is 760 g/mol. The molecule has 0 aliphatic carbocycles. The summed E-state index contributed by atoms with van der Waals surface area (Å²) in [5.74, 6) is 0. The van der Waals surface area contributed by atoms with Crippen molar-refractivity contribution in [2.24, 2.45) is 0 Å². The van der Waals surface area contributed by atoms with Gasteiger partial charge in [-0.15, -0.1) is 4.98 Å². The van der Waals surface area contributed by atoms with Gasteiger partial charge in [-0.3, -0.25) is 0 Å². The molecule has 0 aromatic carbocycles. The number of aliphatic hydroxyl groups is 2. The summed E-state index contributed by atoms with van der Waals surface area (Å²) in [7, 11) is 10.7. The van der Waals surface area contributed by atoms with E-state index in [9.17, 15) is 0 Å². The molecule has 0 fully saturated rings. The number of halogens is 1. The first-order chi connectivity index (χ1) is 7.26. The quantitative estimate of drug-likeness (QED) is 0.437. The van der Waals surface area contributed by atoms with Crippen LogP contribution in [0.2, 0.25) is 5.28 Å². The van der Waals surface area contributed by atoms with Crippen LogP contribution in [-0.4, -0.2) is 25.2 Å². The predicted molar refractivity (Wildman–Crippen MR) is 51.4 cm³/mol. The number of hydrogen-bond acceptors (Lipinski definition) is 7. The fourth-order valence-electron chi connectivity index (χ4n) is 0.444. The van der Waals surface area contributed by atoms with Crippen LogP contribution in [0, 0.1) is 28.4 Å². The molecule has 0 aliphatic rings. The number of ether oxygens (including phenoxy) is 2. The number of aromatic nitrogens is 3. The van der Waals surface area contributed by atoms with E-state index in [1.54, 1.807) is 0 Å². The van der Waals surface area contributed by atoms with Crippen LogP contribution in [0.5, 0.6) is 12.0 Å². The number of hydrogen-bond donors (Lipinski definition) is 2. The standard InChI is InChI=1S/C5H4ClN3O2.2CH3O.2Rf/c1-10-4-7-3(6)8-5(9-4)11-2;2*1-2;;/h1-2H2;2*2H,1H2;;/q-2;2*-1;;. The van der Waals surface area contributed by atoms with Crippen molar-refractivity contribution in [3.8, 4) is 12.0 Å². The Morgan fingerprint density at radius 3 is 1.35 bits per heavy atom. The molecule has 1 aromatic rings. The Hall–Kier alpha value is -3.18. The first kappa shape index (κ1) is 23.6. The fourth-order valence-corrected chi connectivity index (χ4v) is 0.588. The Balaban J connectivity index is -0.000000128. The third kappa shape index (κ3) is 9.13. The monoisotopic (exact) mass is 769 g/mol. The summed E-state index contributed by atoms with van der Waals surface area (Å²) in [6.07, 6.45) is 0. The summed E-state index contributed by atoms with van der Waals surface area (Å²) in [6.45, 7) is 0. The second-order valence-corrected chi connectivity index (χ2v) is 1.80. The van der Waals surface area contributed by atoms with Gasteiger partial charge in [-0.1, -0.05) is 0 Å². The summed E-state index contributed by atoms with van der Waals surface area (Å²) in [5, 5.41) is 13.5. The Morgan fingerprint density at radius 2 is 1.12 bits per heavy atom. The molecule has 7 nitrogen and oxygen atoms in total. The molecule has 92 valence electrons. The first-order valence-corrected chi connectivity index (χ1v) is 3.53. The van der Waals surface area contributed by atoms with Gasteiger partial charge in [0.1, 0.15) is 0 Å². The van der Waals surface area contributed by atoms with E-state index in [1.165, 1.54) is 0 Å². The molecule has 0 spiro atoms. The van der Waals surface area contributed by atoms with Gasteiger partial charge >= 0.3 is 0 Å². The maximum atomic E-state index is 6.75. The van der Waals surface area contributed by atoms with E-state index in [0.29, 0.717) is 0 Å². The topological polar surface area (TPSA) is 97.6 Å². The summed E-state index contributed by atoms with van der Waals surface area (Å²) < 4.78 is 8.87. The molecule has 0 saturated carbocycles. The van der Waals surface area contributed by atoms with E-state index in [1.807, 2.05) is 0 Å². The maximum absolute atomic E-state index is 6.75. The van der Waals surface area contributed by atoms with Gasteiger partial charge in [0.2, 0.25) is 5.28 Å². The molecule has 1 rings (SSSR count). The molecule has 0 bridgehead atoms. The maximum Gasteiger partial charge on any atom is 0.291 e. The summed E-state index contributed by atoms with van der Waals surface area (Å²) in [6, 6.07) is -0.0210. The molecule has 2 N–H and O–H groups in total. The van der Waals surface area contributed by atoms with Crippen LogP contribution in [0.4, 0.5) is 0 Å². The third-order valence-corrected chi connectivity index (χ3v) is 0.994. The average molecular weight is 770 g/mol. The smallest absolute Gasteiger partial charge is 0.291 e. The molecular formula is C7H10ClN3O4Rf2-4. The van der Waals surface area contributed by atoms with Crippen molar-refractivity contribution in [3.05, 3.63) is 33.7 Å². The molecule has 0 radical (unpaired) electrons. The van der Waals surface area contributed by atoms with Crippen molar-refractivity contribution in [1.29, 1.82) is 0 Å². The van der Waals surface area contributed by atoms with Gasteiger partial charge in [-0.25, -0.2) is 14.2 Å². The van der Waals surface area contributed by atoms with Crippen LogP contribution in [-0.2, 0) is 0 Å².